The van der Waals surface area contributed by atoms with Crippen LogP contribution in [0, 0.1) is 12.7 Å². The highest BCUT2D eigenvalue weighted by molar-refractivity contribution is 5.95. The fraction of sp³-hybridized carbons (Fsp3) is 0.333. The number of aromatic nitrogens is 2. The Morgan fingerprint density at radius 2 is 1.66 bits per heavy atom. The Morgan fingerprint density at radius 3 is 2.26 bits per heavy atom. The maximum Gasteiger partial charge on any atom is 0.416 e. The molecule has 0 saturated heterocycles. The van der Waals surface area contributed by atoms with Crippen LogP contribution in [0.5, 0.6) is 0 Å². The minimum atomic E-state index is -4.49. The highest BCUT2D eigenvalue weighted by atomic mass is 19.4. The van der Waals surface area contributed by atoms with Gasteiger partial charge in [0.05, 0.1) is 17.7 Å². The Kier molecular flexibility index (Phi) is 8.70. The maximum absolute atomic E-state index is 14.8. The molecule has 0 aliphatic rings. The predicted octanol–water partition coefficient (Wildman–Crippen LogP) is 5.78. The lowest BCUT2D eigenvalue weighted by atomic mass is 10.0. The number of ether oxygens (including phenoxy) is 1. The average Bonchev–Trinajstić information content (AvgIpc) is 2.82. The lowest BCUT2D eigenvalue weighted by molar-refractivity contribution is -0.137. The third-order valence-corrected chi connectivity index (χ3v) is 5.26. The number of carbonyl (C=O) groups excluding carboxylic acids is 2. The van der Waals surface area contributed by atoms with Gasteiger partial charge in [-0.1, -0.05) is 18.2 Å². The first-order valence-electron chi connectivity index (χ1n) is 11.7. The second kappa shape index (κ2) is 11.6. The van der Waals surface area contributed by atoms with Crippen molar-refractivity contribution in [1.29, 1.82) is 0 Å². The van der Waals surface area contributed by atoms with Crippen LogP contribution >= 0.6 is 0 Å². The highest BCUT2D eigenvalue weighted by Crippen LogP contribution is 2.31. The van der Waals surface area contributed by atoms with Gasteiger partial charge in [0.1, 0.15) is 17.2 Å². The third-order valence-electron chi connectivity index (χ3n) is 5.26. The van der Waals surface area contributed by atoms with E-state index >= 15 is 0 Å². The van der Waals surface area contributed by atoms with Crippen LogP contribution in [-0.2, 0) is 17.5 Å². The number of alkyl carbamates (subject to hydrolysis) is 1. The van der Waals surface area contributed by atoms with E-state index in [2.05, 4.69) is 15.3 Å². The second-order valence-electron chi connectivity index (χ2n) is 9.54. The maximum atomic E-state index is 14.8. The van der Waals surface area contributed by atoms with Gasteiger partial charge < -0.3 is 15.0 Å². The summed E-state index contributed by atoms with van der Waals surface area (Å²) in [4.78, 5) is 35.2. The Morgan fingerprint density at radius 1 is 1.00 bits per heavy atom. The number of nitrogens with zero attached hydrogens (tertiary/aromatic N) is 3. The van der Waals surface area contributed by atoms with E-state index in [0.717, 1.165) is 18.2 Å². The summed E-state index contributed by atoms with van der Waals surface area (Å²) in [6, 6.07) is 9.79. The van der Waals surface area contributed by atoms with Gasteiger partial charge in [-0.2, -0.15) is 13.2 Å². The van der Waals surface area contributed by atoms with Gasteiger partial charge in [0.15, 0.2) is 0 Å². The van der Waals surface area contributed by atoms with Crippen molar-refractivity contribution in [2.45, 2.75) is 46.0 Å². The largest absolute Gasteiger partial charge is 0.444 e. The molecule has 3 rings (SSSR count). The third kappa shape index (κ3) is 7.99. The van der Waals surface area contributed by atoms with Gasteiger partial charge in [0, 0.05) is 25.0 Å². The van der Waals surface area contributed by atoms with Crippen LogP contribution in [0.2, 0.25) is 0 Å². The standard InChI is InChI=1S/C27H28F4N4O3/c1-17-11-12-32-23(34-17)16-35(14-13-33-25(37)38-26(2,3)4)24(36)21-15-19(7-10-22(21)28)18-5-8-20(9-6-18)27(29,30)31/h5-12,15H,13-14,16H2,1-4H3,(H,33,37). The zero-order chi connectivity index (χ0) is 28.1. The van der Waals surface area contributed by atoms with Gasteiger partial charge in [0.2, 0.25) is 0 Å². The van der Waals surface area contributed by atoms with Crippen LogP contribution in [0.15, 0.2) is 54.7 Å². The Balaban J connectivity index is 1.86. The zero-order valence-corrected chi connectivity index (χ0v) is 21.4. The molecule has 0 aliphatic carbocycles. The molecule has 0 atom stereocenters. The summed E-state index contributed by atoms with van der Waals surface area (Å²) in [5.41, 5.74) is -0.399. The summed E-state index contributed by atoms with van der Waals surface area (Å²) in [5, 5.41) is 2.56. The molecule has 11 heteroatoms. The van der Waals surface area contributed by atoms with E-state index in [1.54, 1.807) is 33.8 Å². The van der Waals surface area contributed by atoms with Crippen LogP contribution in [0.3, 0.4) is 0 Å². The molecule has 0 unspecified atom stereocenters. The first kappa shape index (κ1) is 28.5. The smallest absolute Gasteiger partial charge is 0.416 e. The second-order valence-corrected chi connectivity index (χ2v) is 9.54. The van der Waals surface area contributed by atoms with Crippen LogP contribution < -0.4 is 5.32 Å². The molecular weight excluding hydrogens is 504 g/mol. The lowest BCUT2D eigenvalue weighted by Gasteiger charge is -2.24. The molecule has 3 aromatic rings. The van der Waals surface area contributed by atoms with Crippen LogP contribution in [0.25, 0.3) is 11.1 Å². The molecule has 7 nitrogen and oxygen atoms in total. The number of halogens is 4. The molecule has 0 aliphatic heterocycles. The van der Waals surface area contributed by atoms with E-state index in [-0.39, 0.29) is 25.2 Å². The number of carbonyl (C=O) groups is 2. The minimum absolute atomic E-state index is 0.00663. The van der Waals surface area contributed by atoms with Crippen molar-refractivity contribution in [2.75, 3.05) is 13.1 Å². The minimum Gasteiger partial charge on any atom is -0.444 e. The molecular formula is C27H28F4N4O3. The van der Waals surface area contributed by atoms with Crippen LogP contribution in [-0.4, -0.2) is 45.6 Å². The summed E-state index contributed by atoms with van der Waals surface area (Å²) < 4.78 is 58.8. The van der Waals surface area contributed by atoms with Gasteiger partial charge in [-0.25, -0.2) is 19.2 Å². The molecule has 2 amide bonds. The van der Waals surface area contributed by atoms with Gasteiger partial charge >= 0.3 is 12.3 Å². The molecule has 0 fully saturated rings. The summed E-state index contributed by atoms with van der Waals surface area (Å²) in [5.74, 6) is -1.19. The Hall–Kier alpha value is -4.02. The molecule has 0 spiro atoms. The predicted molar refractivity (Wildman–Crippen MR) is 133 cm³/mol. The number of aryl methyl sites for hydroxylation is 1. The van der Waals surface area contributed by atoms with Gasteiger partial charge in [0.25, 0.3) is 5.91 Å². The van der Waals surface area contributed by atoms with Gasteiger partial charge in [-0.3, -0.25) is 4.79 Å². The fourth-order valence-electron chi connectivity index (χ4n) is 3.50. The molecule has 0 bridgehead atoms. The molecule has 1 heterocycles. The number of rotatable bonds is 7. The van der Waals surface area contributed by atoms with E-state index in [0.29, 0.717) is 22.6 Å². The van der Waals surface area contributed by atoms with E-state index in [9.17, 15) is 27.2 Å². The SMILES string of the molecule is Cc1ccnc(CN(CCNC(=O)OC(C)(C)C)C(=O)c2cc(-c3ccc(C(F)(F)F)cc3)ccc2F)n1. The molecule has 1 N–H and O–H groups in total. The number of alkyl halides is 3. The molecule has 202 valence electrons. The monoisotopic (exact) mass is 532 g/mol. The lowest BCUT2D eigenvalue weighted by Crippen LogP contribution is -2.40. The summed E-state index contributed by atoms with van der Waals surface area (Å²) in [7, 11) is 0. The van der Waals surface area contributed by atoms with Crippen molar-refractivity contribution in [3.8, 4) is 11.1 Å². The van der Waals surface area contributed by atoms with Crippen molar-refractivity contribution < 1.29 is 31.9 Å². The van der Waals surface area contributed by atoms with E-state index in [1.807, 2.05) is 0 Å². The molecule has 1 aromatic heterocycles. The topological polar surface area (TPSA) is 84.4 Å². The van der Waals surface area contributed by atoms with E-state index in [4.69, 9.17) is 4.74 Å². The van der Waals surface area contributed by atoms with Crippen LogP contribution in [0.1, 0.15) is 48.2 Å². The number of hydrogen-bond acceptors (Lipinski definition) is 5. The number of benzene rings is 2. The number of nitrogens with one attached hydrogen (secondary N) is 1. The summed E-state index contributed by atoms with van der Waals surface area (Å²) in [6.45, 7) is 6.82. The first-order valence-corrected chi connectivity index (χ1v) is 11.7. The number of hydrogen-bond donors (Lipinski definition) is 1. The average molecular weight is 533 g/mol. The summed E-state index contributed by atoms with van der Waals surface area (Å²) in [6.07, 6.45) is -3.63. The van der Waals surface area contributed by atoms with Crippen molar-refractivity contribution in [3.05, 3.63) is 83.2 Å². The zero-order valence-electron chi connectivity index (χ0n) is 21.4. The van der Waals surface area contributed by atoms with Crippen molar-refractivity contribution in [2.24, 2.45) is 0 Å². The highest BCUT2D eigenvalue weighted by Gasteiger charge is 2.30. The van der Waals surface area contributed by atoms with E-state index < -0.39 is 35.2 Å². The Labute approximate surface area is 217 Å². The quantitative estimate of drug-likeness (QED) is 0.390. The van der Waals surface area contributed by atoms with Crippen molar-refractivity contribution in [1.82, 2.24) is 20.2 Å². The van der Waals surface area contributed by atoms with E-state index in [1.165, 1.54) is 35.4 Å². The molecule has 0 radical (unpaired) electrons. The number of amides is 2. The normalized spacial score (nSPS) is 11.7. The Bertz CT molecular complexity index is 1290. The van der Waals surface area contributed by atoms with Crippen molar-refractivity contribution in [3.63, 3.8) is 0 Å². The molecule has 0 saturated carbocycles. The summed E-state index contributed by atoms with van der Waals surface area (Å²) >= 11 is 0. The van der Waals surface area contributed by atoms with Crippen molar-refractivity contribution >= 4 is 12.0 Å². The van der Waals surface area contributed by atoms with Gasteiger partial charge in [-0.15, -0.1) is 0 Å². The fourth-order valence-corrected chi connectivity index (χ4v) is 3.50. The van der Waals surface area contributed by atoms with Crippen LogP contribution in [0.4, 0.5) is 22.4 Å². The molecule has 2 aromatic carbocycles. The molecule has 38 heavy (non-hydrogen) atoms. The first-order chi connectivity index (χ1) is 17.7. The van der Waals surface area contributed by atoms with Gasteiger partial charge in [-0.05, 0) is 69.2 Å².